The molecular formula is C26H31N7O2. The van der Waals surface area contributed by atoms with Crippen LogP contribution in [0.2, 0.25) is 0 Å². The van der Waals surface area contributed by atoms with E-state index in [9.17, 15) is 4.79 Å². The fourth-order valence-corrected chi connectivity index (χ4v) is 5.56. The highest BCUT2D eigenvalue weighted by Gasteiger charge is 2.36. The van der Waals surface area contributed by atoms with E-state index in [0.717, 1.165) is 84.4 Å². The lowest BCUT2D eigenvalue weighted by atomic mass is 9.90. The molecule has 3 aliphatic heterocycles. The molecular weight excluding hydrogens is 442 g/mol. The number of nitrogens with one attached hydrogen (secondary N) is 1. The van der Waals surface area contributed by atoms with Gasteiger partial charge in [-0.2, -0.15) is 5.10 Å². The van der Waals surface area contributed by atoms with Crippen LogP contribution < -0.4 is 10.1 Å². The van der Waals surface area contributed by atoms with Crippen LogP contribution in [0.1, 0.15) is 42.6 Å². The standard InChI is InChI=1S/C26H31N7O2/c1-16-25-24(30-26-22(15-35-25)21(4-7-27-26)18-11-28-31(3)12-18)10-23(29-16)19-13-33(14-19)20-5-8-32(9-6-20)17(2)34/h4,7,10-12,19-20H,5-6,8-9,13-15H2,1-3H3,(H,27,30). The number of hydrogen-bond acceptors (Lipinski definition) is 7. The Hall–Kier alpha value is -3.46. The smallest absolute Gasteiger partial charge is 0.219 e. The van der Waals surface area contributed by atoms with Crippen molar-refractivity contribution in [3.05, 3.63) is 47.7 Å². The van der Waals surface area contributed by atoms with Crippen molar-refractivity contribution in [2.75, 3.05) is 31.5 Å². The molecule has 9 nitrogen and oxygen atoms in total. The van der Waals surface area contributed by atoms with Crippen molar-refractivity contribution in [3.63, 3.8) is 0 Å². The number of fused-ring (bicyclic) bond motifs is 2. The SMILES string of the molecule is CC(=O)N1CCC(N2CC(c3cc4c(c(C)n3)OCc3c(-c5cnn(C)c5)ccnc3N4)C2)CC1. The second-order valence-corrected chi connectivity index (χ2v) is 9.90. The van der Waals surface area contributed by atoms with E-state index in [1.165, 1.54) is 0 Å². The van der Waals surface area contributed by atoms with E-state index in [1.807, 2.05) is 43.5 Å². The fourth-order valence-electron chi connectivity index (χ4n) is 5.56. The van der Waals surface area contributed by atoms with Gasteiger partial charge in [0.1, 0.15) is 12.4 Å². The summed E-state index contributed by atoms with van der Waals surface area (Å²) in [5.74, 6) is 2.20. The van der Waals surface area contributed by atoms with Crippen molar-refractivity contribution < 1.29 is 9.53 Å². The monoisotopic (exact) mass is 473 g/mol. The van der Waals surface area contributed by atoms with Gasteiger partial charge in [0.2, 0.25) is 5.91 Å². The van der Waals surface area contributed by atoms with Crippen LogP contribution in [0.15, 0.2) is 30.7 Å². The minimum Gasteiger partial charge on any atom is -0.485 e. The Morgan fingerprint density at radius 2 is 2.03 bits per heavy atom. The molecule has 1 N–H and O–H groups in total. The van der Waals surface area contributed by atoms with Crippen molar-refractivity contribution >= 4 is 17.4 Å². The number of nitrogens with zero attached hydrogens (tertiary/aromatic N) is 6. The Morgan fingerprint density at radius 3 is 2.74 bits per heavy atom. The van der Waals surface area contributed by atoms with Crippen LogP contribution in [0.25, 0.3) is 11.1 Å². The average molecular weight is 474 g/mol. The molecule has 182 valence electrons. The summed E-state index contributed by atoms with van der Waals surface area (Å²) >= 11 is 0. The number of piperidine rings is 1. The van der Waals surface area contributed by atoms with Gasteiger partial charge in [0.05, 0.1) is 17.6 Å². The van der Waals surface area contributed by atoms with Gasteiger partial charge in [-0.1, -0.05) is 0 Å². The van der Waals surface area contributed by atoms with Crippen LogP contribution in [0.5, 0.6) is 5.75 Å². The third kappa shape index (κ3) is 4.03. The maximum Gasteiger partial charge on any atom is 0.219 e. The Balaban J connectivity index is 1.19. The van der Waals surface area contributed by atoms with E-state index >= 15 is 0 Å². The molecule has 35 heavy (non-hydrogen) atoms. The van der Waals surface area contributed by atoms with Crippen LogP contribution in [0.4, 0.5) is 11.5 Å². The van der Waals surface area contributed by atoms with Gasteiger partial charge in [-0.3, -0.25) is 19.4 Å². The van der Waals surface area contributed by atoms with Gasteiger partial charge in [-0.05, 0) is 37.5 Å². The zero-order chi connectivity index (χ0) is 24.1. The van der Waals surface area contributed by atoms with Crippen molar-refractivity contribution in [1.82, 2.24) is 29.5 Å². The number of aryl methyl sites for hydroxylation is 2. The molecule has 2 fully saturated rings. The van der Waals surface area contributed by atoms with Crippen LogP contribution in [-0.4, -0.2) is 67.7 Å². The van der Waals surface area contributed by atoms with Gasteiger partial charge in [-0.15, -0.1) is 0 Å². The van der Waals surface area contributed by atoms with Crippen molar-refractivity contribution in [2.45, 2.75) is 45.3 Å². The first-order valence-corrected chi connectivity index (χ1v) is 12.3. The highest BCUT2D eigenvalue weighted by molar-refractivity contribution is 5.76. The van der Waals surface area contributed by atoms with E-state index in [1.54, 1.807) is 11.6 Å². The molecule has 3 aliphatic rings. The molecule has 0 saturated carbocycles. The summed E-state index contributed by atoms with van der Waals surface area (Å²) in [7, 11) is 1.92. The lowest BCUT2D eigenvalue weighted by molar-refractivity contribution is -0.130. The number of hydrogen-bond donors (Lipinski definition) is 1. The largest absolute Gasteiger partial charge is 0.485 e. The number of amides is 1. The molecule has 0 bridgehead atoms. The summed E-state index contributed by atoms with van der Waals surface area (Å²) in [5.41, 5.74) is 6.05. The summed E-state index contributed by atoms with van der Waals surface area (Å²) in [6, 6.07) is 4.71. The van der Waals surface area contributed by atoms with Gasteiger partial charge >= 0.3 is 0 Å². The number of likely N-dealkylation sites (tertiary alicyclic amines) is 2. The molecule has 0 atom stereocenters. The molecule has 3 aromatic rings. The quantitative estimate of drug-likeness (QED) is 0.625. The predicted octanol–water partition coefficient (Wildman–Crippen LogP) is 3.23. The third-order valence-corrected chi connectivity index (χ3v) is 7.60. The Morgan fingerprint density at radius 1 is 1.23 bits per heavy atom. The van der Waals surface area contributed by atoms with E-state index < -0.39 is 0 Å². The third-order valence-electron chi connectivity index (χ3n) is 7.60. The fraction of sp³-hybridized carbons (Fsp3) is 0.462. The lowest BCUT2D eigenvalue weighted by Gasteiger charge is -2.47. The molecule has 6 heterocycles. The van der Waals surface area contributed by atoms with Gasteiger partial charge in [0, 0.05) is 81.3 Å². The Labute approximate surface area is 205 Å². The van der Waals surface area contributed by atoms with Gasteiger partial charge in [0.25, 0.3) is 0 Å². The molecule has 6 rings (SSSR count). The first-order valence-electron chi connectivity index (χ1n) is 12.3. The van der Waals surface area contributed by atoms with E-state index in [-0.39, 0.29) is 5.91 Å². The summed E-state index contributed by atoms with van der Waals surface area (Å²) in [5, 5.41) is 7.86. The number of anilines is 2. The number of pyridine rings is 2. The zero-order valence-corrected chi connectivity index (χ0v) is 20.5. The van der Waals surface area contributed by atoms with E-state index in [0.29, 0.717) is 18.6 Å². The predicted molar refractivity (Wildman–Crippen MR) is 133 cm³/mol. The number of ether oxygens (including phenoxy) is 1. The highest BCUT2D eigenvalue weighted by Crippen LogP contribution is 2.41. The maximum absolute atomic E-state index is 11.6. The van der Waals surface area contributed by atoms with Gasteiger partial charge < -0.3 is 15.0 Å². The maximum atomic E-state index is 11.6. The Bertz CT molecular complexity index is 1270. The average Bonchev–Trinajstić information content (AvgIpc) is 3.14. The summed E-state index contributed by atoms with van der Waals surface area (Å²) in [6.07, 6.45) is 7.81. The molecule has 0 unspecified atom stereocenters. The molecule has 0 radical (unpaired) electrons. The number of carbonyl (C=O) groups is 1. The molecule has 0 spiro atoms. The lowest BCUT2D eigenvalue weighted by Crippen LogP contribution is -2.54. The van der Waals surface area contributed by atoms with Gasteiger partial charge in [0.15, 0.2) is 5.75 Å². The van der Waals surface area contributed by atoms with E-state index in [4.69, 9.17) is 9.72 Å². The second-order valence-electron chi connectivity index (χ2n) is 9.90. The summed E-state index contributed by atoms with van der Waals surface area (Å²) in [6.45, 7) is 7.86. The minimum atomic E-state index is 0.188. The summed E-state index contributed by atoms with van der Waals surface area (Å²) < 4.78 is 8.07. The number of carbonyl (C=O) groups excluding carboxylic acids is 1. The van der Waals surface area contributed by atoms with Crippen LogP contribution >= 0.6 is 0 Å². The second kappa shape index (κ2) is 8.64. The first kappa shape index (κ1) is 22.0. The van der Waals surface area contributed by atoms with Gasteiger partial charge in [-0.25, -0.2) is 4.98 Å². The van der Waals surface area contributed by atoms with Crippen molar-refractivity contribution in [2.24, 2.45) is 7.05 Å². The van der Waals surface area contributed by atoms with Crippen LogP contribution in [0, 0.1) is 6.92 Å². The molecule has 1 amide bonds. The van der Waals surface area contributed by atoms with Crippen molar-refractivity contribution in [1.29, 1.82) is 0 Å². The molecule has 9 heteroatoms. The summed E-state index contributed by atoms with van der Waals surface area (Å²) in [4.78, 5) is 25.7. The first-order chi connectivity index (χ1) is 17.0. The minimum absolute atomic E-state index is 0.188. The molecule has 3 aromatic heterocycles. The molecule has 0 aliphatic carbocycles. The van der Waals surface area contributed by atoms with Crippen LogP contribution in [-0.2, 0) is 18.4 Å². The van der Waals surface area contributed by atoms with Crippen molar-refractivity contribution in [3.8, 4) is 16.9 Å². The topological polar surface area (TPSA) is 88.4 Å². The van der Waals surface area contributed by atoms with E-state index in [2.05, 4.69) is 26.4 Å². The van der Waals surface area contributed by atoms with Crippen LogP contribution in [0.3, 0.4) is 0 Å². The number of aromatic nitrogens is 4. The molecule has 2 saturated heterocycles. The highest BCUT2D eigenvalue weighted by atomic mass is 16.5. The normalized spacial score (nSPS) is 18.7. The number of rotatable bonds is 3. The molecule has 0 aromatic carbocycles. The Kier molecular flexibility index (Phi) is 5.44. The zero-order valence-electron chi connectivity index (χ0n) is 20.5.